The molecule has 0 aromatic rings. The van der Waals surface area contributed by atoms with Crippen LogP contribution in [0.1, 0.15) is 6.92 Å². The SMILES string of the molecule is C=C.C=CCOC(=O)C(=C)C.C=CCOC(=O)C=C. The van der Waals surface area contributed by atoms with E-state index < -0.39 is 5.97 Å². The molecular formula is C15H22O4. The van der Waals surface area contributed by atoms with Crippen molar-refractivity contribution in [2.24, 2.45) is 0 Å². The van der Waals surface area contributed by atoms with Gasteiger partial charge in [-0.05, 0) is 6.92 Å². The van der Waals surface area contributed by atoms with Gasteiger partial charge in [0.05, 0.1) is 0 Å². The molecule has 106 valence electrons. The minimum atomic E-state index is -0.412. The molecule has 0 rings (SSSR count). The number of esters is 2. The van der Waals surface area contributed by atoms with Gasteiger partial charge in [-0.1, -0.05) is 38.5 Å². The molecule has 0 N–H and O–H groups in total. The Morgan fingerprint density at radius 1 is 1.00 bits per heavy atom. The second-order valence-corrected chi connectivity index (χ2v) is 2.79. The van der Waals surface area contributed by atoms with Gasteiger partial charge in [0.1, 0.15) is 13.2 Å². The summed E-state index contributed by atoms with van der Waals surface area (Å²) in [5.74, 6) is -0.778. The minimum Gasteiger partial charge on any atom is -0.458 e. The van der Waals surface area contributed by atoms with Crippen LogP contribution in [0.2, 0.25) is 0 Å². The van der Waals surface area contributed by atoms with Crippen LogP contribution in [0.3, 0.4) is 0 Å². The van der Waals surface area contributed by atoms with E-state index in [0.29, 0.717) is 5.57 Å². The summed E-state index contributed by atoms with van der Waals surface area (Å²) in [6.07, 6.45) is 4.13. The maximum absolute atomic E-state index is 10.5. The van der Waals surface area contributed by atoms with E-state index in [2.05, 4.69) is 48.9 Å². The average Bonchev–Trinajstić information content (AvgIpc) is 2.44. The van der Waals surface area contributed by atoms with Gasteiger partial charge in [0, 0.05) is 11.6 Å². The van der Waals surface area contributed by atoms with Gasteiger partial charge in [0.15, 0.2) is 0 Å². The lowest BCUT2D eigenvalue weighted by Crippen LogP contribution is -2.03. The maximum atomic E-state index is 10.5. The Morgan fingerprint density at radius 2 is 1.42 bits per heavy atom. The molecule has 0 heterocycles. The molecule has 0 aromatic heterocycles. The molecule has 0 spiro atoms. The molecule has 0 bridgehead atoms. The number of carbonyl (C=O) groups is 2. The van der Waals surface area contributed by atoms with E-state index in [9.17, 15) is 9.59 Å². The third-order valence-corrected chi connectivity index (χ3v) is 1.19. The number of hydrogen-bond acceptors (Lipinski definition) is 4. The van der Waals surface area contributed by atoms with Gasteiger partial charge >= 0.3 is 11.9 Å². The smallest absolute Gasteiger partial charge is 0.333 e. The highest BCUT2D eigenvalue weighted by atomic mass is 16.5. The summed E-state index contributed by atoms with van der Waals surface area (Å²) in [6.45, 7) is 21.5. The van der Waals surface area contributed by atoms with Crippen LogP contribution in [0.25, 0.3) is 0 Å². The van der Waals surface area contributed by atoms with E-state index in [4.69, 9.17) is 0 Å². The molecule has 0 radical (unpaired) electrons. The third kappa shape index (κ3) is 21.5. The predicted molar refractivity (Wildman–Crippen MR) is 78.6 cm³/mol. The minimum absolute atomic E-state index is 0.255. The van der Waals surface area contributed by atoms with Crippen molar-refractivity contribution < 1.29 is 19.1 Å². The van der Waals surface area contributed by atoms with Crippen molar-refractivity contribution in [2.75, 3.05) is 13.2 Å². The van der Waals surface area contributed by atoms with E-state index in [0.717, 1.165) is 6.08 Å². The van der Waals surface area contributed by atoms with Crippen LogP contribution in [0.15, 0.2) is 63.3 Å². The van der Waals surface area contributed by atoms with E-state index in [1.54, 1.807) is 6.92 Å². The number of hydrogen-bond donors (Lipinski definition) is 0. The molecule has 19 heavy (non-hydrogen) atoms. The zero-order chi connectivity index (χ0) is 15.7. The molecule has 0 saturated carbocycles. The highest BCUT2D eigenvalue weighted by Crippen LogP contribution is 1.90. The Labute approximate surface area is 115 Å². The Bertz CT molecular complexity index is 316. The fourth-order valence-electron chi connectivity index (χ4n) is 0.458. The quantitative estimate of drug-likeness (QED) is 0.421. The van der Waals surface area contributed by atoms with Crippen molar-refractivity contribution in [2.45, 2.75) is 6.92 Å². The monoisotopic (exact) mass is 266 g/mol. The second-order valence-electron chi connectivity index (χ2n) is 2.79. The Morgan fingerprint density at radius 3 is 1.74 bits per heavy atom. The lowest BCUT2D eigenvalue weighted by Gasteiger charge is -1.97. The molecule has 0 aliphatic rings. The van der Waals surface area contributed by atoms with Gasteiger partial charge in [0.25, 0.3) is 0 Å². The summed E-state index contributed by atoms with van der Waals surface area (Å²) in [4.78, 5) is 20.7. The van der Waals surface area contributed by atoms with Crippen LogP contribution in [0, 0.1) is 0 Å². The highest BCUT2D eigenvalue weighted by Gasteiger charge is 1.98. The van der Waals surface area contributed by atoms with Crippen LogP contribution in [0.4, 0.5) is 0 Å². The molecule has 0 saturated heterocycles. The van der Waals surface area contributed by atoms with Crippen molar-refractivity contribution in [3.63, 3.8) is 0 Å². The zero-order valence-corrected chi connectivity index (χ0v) is 11.5. The Balaban J connectivity index is -0.000000239. The normalized spacial score (nSPS) is 7.21. The first-order valence-electron chi connectivity index (χ1n) is 5.33. The fraction of sp³-hybridized carbons (Fsp3) is 0.200. The van der Waals surface area contributed by atoms with Crippen molar-refractivity contribution >= 4 is 11.9 Å². The van der Waals surface area contributed by atoms with Gasteiger partial charge in [0.2, 0.25) is 0 Å². The fourth-order valence-corrected chi connectivity index (χ4v) is 0.458. The first kappa shape index (κ1) is 21.9. The Hall–Kier alpha value is -2.36. The highest BCUT2D eigenvalue weighted by molar-refractivity contribution is 5.86. The standard InChI is InChI=1S/C7H10O2.C6H8O2.C2H4/c1-4-5-9-7(8)6(2)3;1-3-5-8-6(7)4-2;1-2/h4H,1-2,5H2,3H3;3-4H,1-2,5H2;1-2H2. The van der Waals surface area contributed by atoms with Crippen LogP contribution in [0.5, 0.6) is 0 Å². The summed E-state index contributed by atoms with van der Waals surface area (Å²) >= 11 is 0. The molecule has 0 aromatic carbocycles. The number of ether oxygens (including phenoxy) is 2. The number of rotatable bonds is 6. The second kappa shape index (κ2) is 18.0. The van der Waals surface area contributed by atoms with E-state index in [1.165, 1.54) is 12.2 Å². The van der Waals surface area contributed by atoms with Gasteiger partial charge in [-0.3, -0.25) is 0 Å². The molecule has 0 aliphatic heterocycles. The number of carbonyl (C=O) groups excluding carboxylic acids is 2. The first-order valence-corrected chi connectivity index (χ1v) is 5.33. The van der Waals surface area contributed by atoms with Gasteiger partial charge in [-0.25, -0.2) is 9.59 Å². The molecule has 4 heteroatoms. The zero-order valence-electron chi connectivity index (χ0n) is 11.5. The first-order chi connectivity index (χ1) is 8.99. The van der Waals surface area contributed by atoms with Crippen molar-refractivity contribution in [1.82, 2.24) is 0 Å². The largest absolute Gasteiger partial charge is 0.458 e. The van der Waals surface area contributed by atoms with Gasteiger partial charge < -0.3 is 9.47 Å². The van der Waals surface area contributed by atoms with Crippen molar-refractivity contribution in [3.05, 3.63) is 63.3 Å². The summed E-state index contributed by atoms with van der Waals surface area (Å²) < 4.78 is 9.06. The molecule has 0 fully saturated rings. The molecule has 4 nitrogen and oxygen atoms in total. The topological polar surface area (TPSA) is 52.6 Å². The molecular weight excluding hydrogens is 244 g/mol. The van der Waals surface area contributed by atoms with Crippen LogP contribution >= 0.6 is 0 Å². The molecule has 0 unspecified atom stereocenters. The summed E-state index contributed by atoms with van der Waals surface area (Å²) in [6, 6.07) is 0. The molecule has 0 amide bonds. The van der Waals surface area contributed by atoms with Crippen LogP contribution in [-0.4, -0.2) is 25.2 Å². The summed E-state index contributed by atoms with van der Waals surface area (Å²) in [5, 5.41) is 0. The third-order valence-electron chi connectivity index (χ3n) is 1.19. The Kier molecular flexibility index (Phi) is 20.7. The van der Waals surface area contributed by atoms with E-state index >= 15 is 0 Å². The van der Waals surface area contributed by atoms with Crippen LogP contribution < -0.4 is 0 Å². The van der Waals surface area contributed by atoms with Crippen molar-refractivity contribution in [3.8, 4) is 0 Å². The lowest BCUT2D eigenvalue weighted by molar-refractivity contribution is -0.138. The summed E-state index contributed by atoms with van der Waals surface area (Å²) in [7, 11) is 0. The van der Waals surface area contributed by atoms with Gasteiger partial charge in [-0.2, -0.15) is 0 Å². The van der Waals surface area contributed by atoms with E-state index in [-0.39, 0.29) is 19.2 Å². The summed E-state index contributed by atoms with van der Waals surface area (Å²) in [5.41, 5.74) is 0.414. The maximum Gasteiger partial charge on any atom is 0.333 e. The van der Waals surface area contributed by atoms with Crippen molar-refractivity contribution in [1.29, 1.82) is 0 Å². The van der Waals surface area contributed by atoms with Gasteiger partial charge in [-0.15, -0.1) is 13.2 Å². The average molecular weight is 266 g/mol. The van der Waals surface area contributed by atoms with E-state index in [1.807, 2.05) is 0 Å². The molecule has 0 aliphatic carbocycles. The lowest BCUT2D eigenvalue weighted by atomic mass is 10.4. The predicted octanol–water partition coefficient (Wildman–Crippen LogP) is 3.00. The van der Waals surface area contributed by atoms with Crippen LogP contribution in [-0.2, 0) is 19.1 Å². The molecule has 0 atom stereocenters.